The smallest absolute Gasteiger partial charge is 0.338 e. The summed E-state index contributed by atoms with van der Waals surface area (Å²) in [6, 6.07) is 4.89. The molecule has 1 fully saturated rings. The highest BCUT2D eigenvalue weighted by atomic mass is 32.2. The van der Waals surface area contributed by atoms with Gasteiger partial charge in [0.2, 0.25) is 5.91 Å². The summed E-state index contributed by atoms with van der Waals surface area (Å²) < 4.78 is 22.0. The van der Waals surface area contributed by atoms with Crippen LogP contribution in [0.15, 0.2) is 34.5 Å². The fourth-order valence-corrected chi connectivity index (χ4v) is 4.96. The van der Waals surface area contributed by atoms with Crippen molar-refractivity contribution < 1.29 is 28.5 Å². The van der Waals surface area contributed by atoms with Crippen molar-refractivity contribution in [2.75, 3.05) is 39.8 Å². The monoisotopic (exact) mass is 490 g/mol. The molecule has 0 saturated carbocycles. The van der Waals surface area contributed by atoms with Crippen LogP contribution in [-0.2, 0) is 19.1 Å². The summed E-state index contributed by atoms with van der Waals surface area (Å²) in [7, 11) is 3.13. The maximum absolute atomic E-state index is 13.1. The molecule has 1 aromatic rings. The number of benzene rings is 1. The third-order valence-corrected chi connectivity index (χ3v) is 6.66. The van der Waals surface area contributed by atoms with Crippen molar-refractivity contribution in [3.05, 3.63) is 35.0 Å². The van der Waals surface area contributed by atoms with Crippen LogP contribution in [0, 0.1) is 0 Å². The minimum atomic E-state index is -0.657. The van der Waals surface area contributed by atoms with E-state index in [1.54, 1.807) is 26.0 Å². The number of hydrogen-bond donors (Lipinski definition) is 0. The Morgan fingerprint density at radius 3 is 2.71 bits per heavy atom. The molecule has 0 aliphatic carbocycles. The van der Waals surface area contributed by atoms with Gasteiger partial charge in [0.15, 0.2) is 16.7 Å². The molecular formula is C25H34N2O6S. The molecule has 1 aromatic carbocycles. The molecule has 0 spiro atoms. The molecule has 34 heavy (non-hydrogen) atoms. The summed E-state index contributed by atoms with van der Waals surface area (Å²) >= 11 is 1.51. The molecule has 3 rings (SSSR count). The van der Waals surface area contributed by atoms with Crippen molar-refractivity contribution in [2.24, 2.45) is 4.99 Å². The first-order chi connectivity index (χ1) is 16.5. The lowest BCUT2D eigenvalue weighted by molar-refractivity contribution is -0.141. The first kappa shape index (κ1) is 26.1. The Bertz CT molecular complexity index is 945. The van der Waals surface area contributed by atoms with E-state index in [4.69, 9.17) is 18.9 Å². The number of amidine groups is 1. The van der Waals surface area contributed by atoms with E-state index >= 15 is 0 Å². The van der Waals surface area contributed by atoms with Crippen LogP contribution in [0.3, 0.4) is 0 Å². The van der Waals surface area contributed by atoms with E-state index in [2.05, 4.69) is 11.9 Å². The lowest BCUT2D eigenvalue weighted by Gasteiger charge is -2.39. The summed E-state index contributed by atoms with van der Waals surface area (Å²) in [5.41, 5.74) is 1.61. The summed E-state index contributed by atoms with van der Waals surface area (Å²) in [5.74, 6) is 1.26. The molecule has 9 heteroatoms. The van der Waals surface area contributed by atoms with Crippen molar-refractivity contribution >= 4 is 28.8 Å². The van der Waals surface area contributed by atoms with E-state index in [9.17, 15) is 9.59 Å². The topological polar surface area (TPSA) is 86.7 Å². The molecule has 2 heterocycles. The predicted octanol–water partition coefficient (Wildman–Crippen LogP) is 4.49. The molecule has 0 aromatic heterocycles. The maximum atomic E-state index is 13.1. The number of nitrogens with zero attached hydrogens (tertiary/aromatic N) is 2. The molecule has 1 saturated heterocycles. The number of amides is 1. The zero-order chi connectivity index (χ0) is 24.5. The van der Waals surface area contributed by atoms with Gasteiger partial charge in [-0.05, 0) is 31.0 Å². The van der Waals surface area contributed by atoms with Gasteiger partial charge < -0.3 is 18.9 Å². The van der Waals surface area contributed by atoms with Gasteiger partial charge >= 0.3 is 5.97 Å². The summed E-state index contributed by atoms with van der Waals surface area (Å²) in [5, 5.41) is 0.599. The van der Waals surface area contributed by atoms with Gasteiger partial charge in [0.05, 0.1) is 37.6 Å². The third-order valence-electron chi connectivity index (χ3n) is 5.71. The molecule has 8 nitrogen and oxygen atoms in total. The minimum absolute atomic E-state index is 0.0765. The number of aliphatic imine (C=N–C) groups is 1. The van der Waals surface area contributed by atoms with E-state index in [0.717, 1.165) is 18.4 Å². The first-order valence-electron chi connectivity index (χ1n) is 11.7. The van der Waals surface area contributed by atoms with Crippen LogP contribution in [-0.4, -0.2) is 61.7 Å². The average Bonchev–Trinajstić information content (AvgIpc) is 2.83. The van der Waals surface area contributed by atoms with Gasteiger partial charge in [0, 0.05) is 19.3 Å². The van der Waals surface area contributed by atoms with Gasteiger partial charge in [-0.2, -0.15) is 0 Å². The molecule has 0 unspecified atom stereocenters. The number of thioether (sulfide) groups is 1. The Labute approximate surface area is 205 Å². The number of ether oxygens (including phenoxy) is 4. The van der Waals surface area contributed by atoms with Crippen LogP contribution in [0.4, 0.5) is 0 Å². The SMILES string of the molecule is CCCCCCOc1ccc([C@@H]2C(C(=O)OCCOC)=C(C)N=C3SCCC(=O)N32)cc1OC. The van der Waals surface area contributed by atoms with Crippen molar-refractivity contribution in [1.82, 2.24) is 4.90 Å². The van der Waals surface area contributed by atoms with Crippen molar-refractivity contribution in [1.29, 1.82) is 0 Å². The summed E-state index contributed by atoms with van der Waals surface area (Å²) in [6.45, 7) is 4.95. The molecule has 1 amide bonds. The summed E-state index contributed by atoms with van der Waals surface area (Å²) in [6.07, 6.45) is 4.82. The van der Waals surface area contributed by atoms with Crippen LogP contribution >= 0.6 is 11.8 Å². The second kappa shape index (κ2) is 12.8. The third kappa shape index (κ3) is 6.13. The molecule has 0 radical (unpaired) electrons. The highest BCUT2D eigenvalue weighted by Gasteiger charge is 2.42. The van der Waals surface area contributed by atoms with Crippen LogP contribution < -0.4 is 9.47 Å². The number of esters is 1. The number of hydrogen-bond acceptors (Lipinski definition) is 8. The van der Waals surface area contributed by atoms with E-state index < -0.39 is 12.0 Å². The van der Waals surface area contributed by atoms with Crippen LogP contribution in [0.2, 0.25) is 0 Å². The van der Waals surface area contributed by atoms with Crippen molar-refractivity contribution in [3.8, 4) is 11.5 Å². The minimum Gasteiger partial charge on any atom is -0.493 e. The maximum Gasteiger partial charge on any atom is 0.338 e. The molecule has 186 valence electrons. The Hall–Kier alpha value is -2.52. The number of allylic oxidation sites excluding steroid dienone is 1. The highest BCUT2D eigenvalue weighted by molar-refractivity contribution is 8.14. The number of unbranched alkanes of at least 4 members (excludes halogenated alkanes) is 3. The molecule has 2 aliphatic heterocycles. The number of carbonyl (C=O) groups is 2. The molecular weight excluding hydrogens is 456 g/mol. The van der Waals surface area contributed by atoms with Crippen molar-refractivity contribution in [3.63, 3.8) is 0 Å². The van der Waals surface area contributed by atoms with Gasteiger partial charge in [0.1, 0.15) is 6.61 Å². The quantitative estimate of drug-likeness (QED) is 0.315. The van der Waals surface area contributed by atoms with Gasteiger partial charge in [-0.25, -0.2) is 9.79 Å². The first-order valence-corrected chi connectivity index (χ1v) is 12.7. The number of carbonyl (C=O) groups excluding carboxylic acids is 2. The van der Waals surface area contributed by atoms with Crippen LogP contribution in [0.1, 0.15) is 57.6 Å². The normalized spacial score (nSPS) is 17.9. The average molecular weight is 491 g/mol. The predicted molar refractivity (Wildman–Crippen MR) is 132 cm³/mol. The molecule has 2 aliphatic rings. The molecule has 0 bridgehead atoms. The Morgan fingerprint density at radius 2 is 1.97 bits per heavy atom. The van der Waals surface area contributed by atoms with Crippen LogP contribution in [0.25, 0.3) is 0 Å². The standard InChI is InChI=1S/C25H34N2O6S/c1-5-6-7-8-12-32-19-10-9-18(16-20(19)31-4)23-22(24(29)33-14-13-30-3)17(2)26-25-27(23)21(28)11-15-34-25/h9-10,16,23H,5-8,11-15H2,1-4H3/t23-/m1/s1. The highest BCUT2D eigenvalue weighted by Crippen LogP contribution is 2.42. The van der Waals surface area contributed by atoms with Gasteiger partial charge in [-0.15, -0.1) is 0 Å². The number of rotatable bonds is 12. The fourth-order valence-electron chi connectivity index (χ4n) is 3.95. The zero-order valence-electron chi connectivity index (χ0n) is 20.4. The Balaban J connectivity index is 1.93. The lowest BCUT2D eigenvalue weighted by atomic mass is 9.94. The van der Waals surface area contributed by atoms with Gasteiger partial charge in [-0.3, -0.25) is 9.69 Å². The Kier molecular flexibility index (Phi) is 9.83. The fraction of sp³-hybridized carbons (Fsp3) is 0.560. The zero-order valence-corrected chi connectivity index (χ0v) is 21.2. The van der Waals surface area contributed by atoms with E-state index in [-0.39, 0.29) is 19.1 Å². The van der Waals surface area contributed by atoms with Crippen molar-refractivity contribution in [2.45, 2.75) is 52.0 Å². The number of fused-ring (bicyclic) bond motifs is 1. The van der Waals surface area contributed by atoms with E-state index in [1.165, 1.54) is 24.6 Å². The summed E-state index contributed by atoms with van der Waals surface area (Å²) in [4.78, 5) is 32.2. The Morgan fingerprint density at radius 1 is 1.15 bits per heavy atom. The molecule has 1 atom stereocenters. The molecule has 0 N–H and O–H groups in total. The second-order valence-electron chi connectivity index (χ2n) is 8.11. The second-order valence-corrected chi connectivity index (χ2v) is 9.17. The van der Waals surface area contributed by atoms with Gasteiger partial charge in [0.25, 0.3) is 0 Å². The van der Waals surface area contributed by atoms with Gasteiger partial charge in [-0.1, -0.05) is 44.0 Å². The van der Waals surface area contributed by atoms with E-state index in [1.807, 2.05) is 18.2 Å². The largest absolute Gasteiger partial charge is 0.493 e. The lowest BCUT2D eigenvalue weighted by Crippen LogP contribution is -2.45. The number of methoxy groups -OCH3 is 2. The van der Waals surface area contributed by atoms with E-state index in [0.29, 0.717) is 46.7 Å². The van der Waals surface area contributed by atoms with Crippen LogP contribution in [0.5, 0.6) is 11.5 Å².